The molecule has 1 aliphatic heterocycles. The van der Waals surface area contributed by atoms with Crippen molar-refractivity contribution in [3.63, 3.8) is 0 Å². The second-order valence-electron chi connectivity index (χ2n) is 6.31. The van der Waals surface area contributed by atoms with Crippen LogP contribution in [0, 0.1) is 11.8 Å². The minimum Gasteiger partial charge on any atom is -0.326 e. The molecular formula is C15H28N2O. The normalized spacial score (nSPS) is 36.6. The molecule has 0 aromatic carbocycles. The van der Waals surface area contributed by atoms with Gasteiger partial charge in [0.1, 0.15) is 0 Å². The highest BCUT2D eigenvalue weighted by Gasteiger charge is 2.37. The number of nitrogens with zero attached hydrogens (tertiary/aromatic N) is 1. The molecule has 1 saturated heterocycles. The summed E-state index contributed by atoms with van der Waals surface area (Å²) in [6.07, 6.45) is 7.48. The van der Waals surface area contributed by atoms with Crippen LogP contribution in [0.4, 0.5) is 0 Å². The topological polar surface area (TPSA) is 32.3 Å². The van der Waals surface area contributed by atoms with Crippen LogP contribution in [0.15, 0.2) is 0 Å². The van der Waals surface area contributed by atoms with E-state index < -0.39 is 0 Å². The Labute approximate surface area is 111 Å². The van der Waals surface area contributed by atoms with Crippen molar-refractivity contribution in [3.05, 3.63) is 0 Å². The Balaban J connectivity index is 1.86. The van der Waals surface area contributed by atoms with E-state index in [2.05, 4.69) is 31.0 Å². The monoisotopic (exact) mass is 252 g/mol. The van der Waals surface area contributed by atoms with Gasteiger partial charge in [-0.1, -0.05) is 33.1 Å². The fourth-order valence-electron chi connectivity index (χ4n) is 3.48. The number of unbranched alkanes of at least 4 members (excludes halogenated alkanes) is 1. The van der Waals surface area contributed by atoms with E-state index in [1.807, 2.05) is 0 Å². The average molecular weight is 252 g/mol. The zero-order valence-corrected chi connectivity index (χ0v) is 12.1. The van der Waals surface area contributed by atoms with Crippen molar-refractivity contribution in [1.29, 1.82) is 0 Å². The molecule has 2 fully saturated rings. The van der Waals surface area contributed by atoms with Gasteiger partial charge in [-0.05, 0) is 38.0 Å². The Bertz CT molecular complexity index is 292. The molecule has 1 aliphatic carbocycles. The summed E-state index contributed by atoms with van der Waals surface area (Å²) in [6.45, 7) is 7.61. The van der Waals surface area contributed by atoms with Gasteiger partial charge in [0.25, 0.3) is 0 Å². The number of hydrogen-bond donors (Lipinski definition) is 1. The summed E-state index contributed by atoms with van der Waals surface area (Å²) in [5.41, 5.74) is 0. The summed E-state index contributed by atoms with van der Waals surface area (Å²) in [6, 6.07) is 0.0822. The van der Waals surface area contributed by atoms with Gasteiger partial charge in [0, 0.05) is 6.54 Å². The van der Waals surface area contributed by atoms with Crippen molar-refractivity contribution in [2.45, 2.75) is 71.5 Å². The second-order valence-corrected chi connectivity index (χ2v) is 6.31. The molecular weight excluding hydrogens is 224 g/mol. The van der Waals surface area contributed by atoms with Crippen molar-refractivity contribution in [2.24, 2.45) is 11.8 Å². The number of nitrogens with one attached hydrogen (secondary N) is 1. The Kier molecular flexibility index (Phi) is 4.66. The largest absolute Gasteiger partial charge is 0.326 e. The fourth-order valence-corrected chi connectivity index (χ4v) is 3.48. The lowest BCUT2D eigenvalue weighted by Gasteiger charge is -2.24. The molecule has 0 aromatic rings. The van der Waals surface area contributed by atoms with Gasteiger partial charge in [0.05, 0.1) is 12.2 Å². The van der Waals surface area contributed by atoms with Crippen LogP contribution in [0.3, 0.4) is 0 Å². The Hall–Kier alpha value is -0.570. The SMILES string of the molecule is CCCCC1NC(C)N(CC2CCC(C)C2)C1=O. The Morgan fingerprint density at radius 3 is 2.72 bits per heavy atom. The van der Waals surface area contributed by atoms with Crippen LogP contribution in [0.2, 0.25) is 0 Å². The molecule has 0 bridgehead atoms. The van der Waals surface area contributed by atoms with Crippen LogP contribution < -0.4 is 5.32 Å². The molecule has 0 aromatic heterocycles. The van der Waals surface area contributed by atoms with Crippen molar-refractivity contribution < 1.29 is 4.79 Å². The third kappa shape index (κ3) is 3.05. The molecule has 2 rings (SSSR count). The molecule has 3 heteroatoms. The lowest BCUT2D eigenvalue weighted by atomic mass is 10.1. The molecule has 18 heavy (non-hydrogen) atoms. The smallest absolute Gasteiger partial charge is 0.241 e. The van der Waals surface area contributed by atoms with Crippen LogP contribution in [-0.4, -0.2) is 29.6 Å². The van der Waals surface area contributed by atoms with Gasteiger partial charge in [0.15, 0.2) is 0 Å². The van der Waals surface area contributed by atoms with Crippen LogP contribution in [0.25, 0.3) is 0 Å². The maximum atomic E-state index is 12.4. The summed E-state index contributed by atoms with van der Waals surface area (Å²) < 4.78 is 0. The molecule has 1 amide bonds. The summed E-state index contributed by atoms with van der Waals surface area (Å²) in [5, 5.41) is 3.45. The van der Waals surface area contributed by atoms with E-state index in [9.17, 15) is 4.79 Å². The maximum absolute atomic E-state index is 12.4. The van der Waals surface area contributed by atoms with Gasteiger partial charge >= 0.3 is 0 Å². The van der Waals surface area contributed by atoms with Gasteiger partial charge < -0.3 is 4.90 Å². The van der Waals surface area contributed by atoms with E-state index in [-0.39, 0.29) is 12.2 Å². The first-order valence-electron chi connectivity index (χ1n) is 7.68. The molecule has 0 spiro atoms. The first-order chi connectivity index (χ1) is 8.61. The summed E-state index contributed by atoms with van der Waals surface area (Å²) in [7, 11) is 0. The molecule has 4 atom stereocenters. The zero-order valence-electron chi connectivity index (χ0n) is 12.1. The van der Waals surface area contributed by atoms with Crippen LogP contribution in [0.5, 0.6) is 0 Å². The second kappa shape index (κ2) is 6.05. The predicted octanol–water partition coefficient (Wildman–Crippen LogP) is 2.76. The molecule has 1 heterocycles. The standard InChI is InChI=1S/C15H28N2O/c1-4-5-6-14-15(18)17(12(3)16-14)10-13-8-7-11(2)9-13/h11-14,16H,4-10H2,1-3H3. The summed E-state index contributed by atoms with van der Waals surface area (Å²) in [4.78, 5) is 14.4. The molecule has 1 N–H and O–H groups in total. The maximum Gasteiger partial charge on any atom is 0.241 e. The van der Waals surface area contributed by atoms with E-state index in [0.29, 0.717) is 5.91 Å². The summed E-state index contributed by atoms with van der Waals surface area (Å²) >= 11 is 0. The predicted molar refractivity (Wildman–Crippen MR) is 74.1 cm³/mol. The van der Waals surface area contributed by atoms with Crippen molar-refractivity contribution in [3.8, 4) is 0 Å². The minimum atomic E-state index is 0.0822. The first kappa shape index (κ1) is 13.9. The van der Waals surface area contributed by atoms with E-state index in [1.54, 1.807) is 0 Å². The average Bonchev–Trinajstić information content (AvgIpc) is 2.86. The molecule has 4 unspecified atom stereocenters. The van der Waals surface area contributed by atoms with E-state index in [4.69, 9.17) is 0 Å². The minimum absolute atomic E-state index is 0.0822. The molecule has 3 nitrogen and oxygen atoms in total. The third-order valence-electron chi connectivity index (χ3n) is 4.60. The van der Waals surface area contributed by atoms with E-state index in [1.165, 1.54) is 25.7 Å². The van der Waals surface area contributed by atoms with E-state index in [0.717, 1.165) is 31.2 Å². The van der Waals surface area contributed by atoms with Gasteiger partial charge in [0.2, 0.25) is 5.91 Å². The van der Waals surface area contributed by atoms with Gasteiger partial charge in [-0.2, -0.15) is 0 Å². The summed E-state index contributed by atoms with van der Waals surface area (Å²) in [5.74, 6) is 1.93. The number of hydrogen-bond acceptors (Lipinski definition) is 2. The lowest BCUT2D eigenvalue weighted by molar-refractivity contribution is -0.130. The highest BCUT2D eigenvalue weighted by Crippen LogP contribution is 2.32. The first-order valence-corrected chi connectivity index (χ1v) is 7.68. The number of carbonyl (C=O) groups excluding carboxylic acids is 1. The zero-order chi connectivity index (χ0) is 13.1. The van der Waals surface area contributed by atoms with Gasteiger partial charge in [-0.25, -0.2) is 0 Å². The number of amides is 1. The van der Waals surface area contributed by atoms with Crippen LogP contribution in [-0.2, 0) is 4.79 Å². The third-order valence-corrected chi connectivity index (χ3v) is 4.60. The molecule has 104 valence electrons. The van der Waals surface area contributed by atoms with Crippen molar-refractivity contribution in [1.82, 2.24) is 10.2 Å². The van der Waals surface area contributed by atoms with Gasteiger partial charge in [-0.3, -0.25) is 10.1 Å². The molecule has 1 saturated carbocycles. The number of rotatable bonds is 5. The fraction of sp³-hybridized carbons (Fsp3) is 0.933. The molecule has 0 radical (unpaired) electrons. The highest BCUT2D eigenvalue weighted by molar-refractivity contribution is 5.84. The van der Waals surface area contributed by atoms with Gasteiger partial charge in [-0.15, -0.1) is 0 Å². The van der Waals surface area contributed by atoms with Crippen molar-refractivity contribution >= 4 is 5.91 Å². The van der Waals surface area contributed by atoms with E-state index >= 15 is 0 Å². The Morgan fingerprint density at radius 2 is 2.11 bits per heavy atom. The molecule has 2 aliphatic rings. The van der Waals surface area contributed by atoms with Crippen LogP contribution in [0.1, 0.15) is 59.3 Å². The highest BCUT2D eigenvalue weighted by atomic mass is 16.2. The van der Waals surface area contributed by atoms with Crippen molar-refractivity contribution in [2.75, 3.05) is 6.54 Å². The number of carbonyl (C=O) groups is 1. The lowest BCUT2D eigenvalue weighted by Crippen LogP contribution is -2.38. The Morgan fingerprint density at radius 1 is 1.33 bits per heavy atom. The van der Waals surface area contributed by atoms with Crippen LogP contribution >= 0.6 is 0 Å². The quantitative estimate of drug-likeness (QED) is 0.816.